The van der Waals surface area contributed by atoms with Crippen LogP contribution in [0.4, 0.5) is 5.69 Å². The van der Waals surface area contributed by atoms with Crippen molar-refractivity contribution < 1.29 is 4.79 Å². The van der Waals surface area contributed by atoms with E-state index in [1.54, 1.807) is 29.5 Å². The highest BCUT2D eigenvalue weighted by molar-refractivity contribution is 7.10. The van der Waals surface area contributed by atoms with Crippen LogP contribution < -0.4 is 11.1 Å². The van der Waals surface area contributed by atoms with E-state index in [0.29, 0.717) is 17.8 Å². The van der Waals surface area contributed by atoms with Crippen LogP contribution in [0.1, 0.15) is 34.1 Å². The number of benzene rings is 1. The van der Waals surface area contributed by atoms with Crippen molar-refractivity contribution in [3.05, 3.63) is 52.2 Å². The summed E-state index contributed by atoms with van der Waals surface area (Å²) in [4.78, 5) is 16.1. The molecule has 1 saturated heterocycles. The van der Waals surface area contributed by atoms with Crippen LogP contribution in [-0.2, 0) is 0 Å². The van der Waals surface area contributed by atoms with Crippen LogP contribution in [0.25, 0.3) is 0 Å². The van der Waals surface area contributed by atoms with Gasteiger partial charge in [-0.3, -0.25) is 9.69 Å². The van der Waals surface area contributed by atoms with Crippen molar-refractivity contribution in [1.82, 2.24) is 10.2 Å². The molecular weight excluding hydrogens is 365 g/mol. The van der Waals surface area contributed by atoms with E-state index in [-0.39, 0.29) is 36.8 Å². The van der Waals surface area contributed by atoms with Crippen molar-refractivity contribution in [1.29, 1.82) is 0 Å². The lowest BCUT2D eigenvalue weighted by atomic mass is 10.1. The van der Waals surface area contributed by atoms with Gasteiger partial charge in [-0.05, 0) is 55.6 Å². The van der Waals surface area contributed by atoms with Crippen LogP contribution in [0.3, 0.4) is 0 Å². The molecule has 1 aliphatic rings. The van der Waals surface area contributed by atoms with Crippen molar-refractivity contribution in [2.24, 2.45) is 0 Å². The monoisotopic (exact) mass is 387 g/mol. The largest absolute Gasteiger partial charge is 0.399 e. The maximum Gasteiger partial charge on any atom is 0.251 e. The van der Waals surface area contributed by atoms with E-state index in [1.807, 2.05) is 6.07 Å². The van der Waals surface area contributed by atoms with Crippen LogP contribution in [0.2, 0.25) is 0 Å². The number of halogens is 2. The maximum atomic E-state index is 12.3. The number of likely N-dealkylation sites (tertiary alicyclic amines) is 1. The number of nitrogen functional groups attached to an aromatic ring is 1. The first kappa shape index (κ1) is 20.8. The zero-order valence-corrected chi connectivity index (χ0v) is 15.8. The highest BCUT2D eigenvalue weighted by atomic mass is 35.5. The number of hydrogen-bond acceptors (Lipinski definition) is 4. The molecule has 0 radical (unpaired) electrons. The van der Waals surface area contributed by atoms with E-state index in [0.717, 1.165) is 13.1 Å². The molecule has 7 heteroatoms. The number of thiophene rings is 1. The Labute approximate surface area is 159 Å². The van der Waals surface area contributed by atoms with Gasteiger partial charge in [-0.1, -0.05) is 12.1 Å². The number of rotatable bonds is 5. The number of nitrogens with zero attached hydrogens (tertiary/aromatic N) is 1. The van der Waals surface area contributed by atoms with Gasteiger partial charge in [0.2, 0.25) is 0 Å². The highest BCUT2D eigenvalue weighted by Gasteiger charge is 2.24. The van der Waals surface area contributed by atoms with Gasteiger partial charge in [0, 0.05) is 22.7 Å². The molecule has 1 aromatic heterocycles. The van der Waals surface area contributed by atoms with Crippen molar-refractivity contribution in [2.75, 3.05) is 25.4 Å². The Morgan fingerprint density at radius 2 is 1.96 bits per heavy atom. The van der Waals surface area contributed by atoms with Crippen molar-refractivity contribution in [3.8, 4) is 0 Å². The van der Waals surface area contributed by atoms with Gasteiger partial charge in [0.15, 0.2) is 0 Å². The Morgan fingerprint density at radius 3 is 2.58 bits per heavy atom. The Bertz CT molecular complexity index is 631. The van der Waals surface area contributed by atoms with Gasteiger partial charge >= 0.3 is 0 Å². The summed E-state index contributed by atoms with van der Waals surface area (Å²) in [7, 11) is 0. The molecule has 1 amide bonds. The molecule has 3 N–H and O–H groups in total. The van der Waals surface area contributed by atoms with E-state index in [4.69, 9.17) is 5.73 Å². The first-order valence-corrected chi connectivity index (χ1v) is 8.53. The second-order valence-corrected chi connectivity index (χ2v) is 6.59. The molecule has 1 atom stereocenters. The van der Waals surface area contributed by atoms with Crippen molar-refractivity contribution >= 4 is 47.7 Å². The molecule has 0 aliphatic carbocycles. The lowest BCUT2D eigenvalue weighted by molar-refractivity contribution is 0.0938. The van der Waals surface area contributed by atoms with E-state index in [1.165, 1.54) is 17.7 Å². The summed E-state index contributed by atoms with van der Waals surface area (Å²) >= 11 is 1.75. The van der Waals surface area contributed by atoms with E-state index in [2.05, 4.69) is 27.7 Å². The van der Waals surface area contributed by atoms with Crippen LogP contribution in [-0.4, -0.2) is 30.4 Å². The molecule has 3 rings (SSSR count). The van der Waals surface area contributed by atoms with Crippen LogP contribution in [0, 0.1) is 0 Å². The molecular formula is C17H23Cl2N3OS. The average molecular weight is 388 g/mol. The maximum absolute atomic E-state index is 12.3. The van der Waals surface area contributed by atoms with Crippen molar-refractivity contribution in [3.63, 3.8) is 0 Å². The number of nitrogens with two attached hydrogens (primary N) is 1. The third kappa shape index (κ3) is 5.11. The Morgan fingerprint density at radius 1 is 1.21 bits per heavy atom. The summed E-state index contributed by atoms with van der Waals surface area (Å²) in [5.74, 6) is -0.0620. The smallest absolute Gasteiger partial charge is 0.251 e. The van der Waals surface area contributed by atoms with Crippen molar-refractivity contribution in [2.45, 2.75) is 18.9 Å². The molecule has 0 spiro atoms. The summed E-state index contributed by atoms with van der Waals surface area (Å²) in [6, 6.07) is 11.6. The van der Waals surface area contributed by atoms with Crippen LogP contribution in [0.15, 0.2) is 41.8 Å². The predicted molar refractivity (Wildman–Crippen MR) is 106 cm³/mol. The summed E-state index contributed by atoms with van der Waals surface area (Å²) in [6.45, 7) is 2.85. The zero-order valence-electron chi connectivity index (χ0n) is 13.3. The number of hydrogen-bond donors (Lipinski definition) is 2. The summed E-state index contributed by atoms with van der Waals surface area (Å²) in [6.07, 6.45) is 2.48. The first-order valence-electron chi connectivity index (χ1n) is 7.65. The number of amides is 1. The predicted octanol–water partition coefficient (Wildman–Crippen LogP) is 3.74. The molecule has 0 bridgehead atoms. The SMILES string of the molecule is Cl.Cl.Nc1cccc(C(=O)NCC(c2cccs2)N2CCCC2)c1. The van der Waals surface area contributed by atoms with E-state index < -0.39 is 0 Å². The van der Waals surface area contributed by atoms with E-state index >= 15 is 0 Å². The minimum atomic E-state index is -0.0620. The first-order chi connectivity index (χ1) is 10.7. The fourth-order valence-electron chi connectivity index (χ4n) is 2.92. The second kappa shape index (κ2) is 9.89. The number of carbonyl (C=O) groups is 1. The third-order valence-electron chi connectivity index (χ3n) is 4.06. The van der Waals surface area contributed by atoms with Gasteiger partial charge < -0.3 is 11.1 Å². The molecule has 1 unspecified atom stereocenters. The third-order valence-corrected chi connectivity index (χ3v) is 5.03. The van der Waals surface area contributed by atoms with Gasteiger partial charge in [-0.2, -0.15) is 0 Å². The quantitative estimate of drug-likeness (QED) is 0.768. The molecule has 4 nitrogen and oxygen atoms in total. The molecule has 1 aliphatic heterocycles. The van der Waals surface area contributed by atoms with Gasteiger partial charge in [0.25, 0.3) is 5.91 Å². The molecule has 2 heterocycles. The Kier molecular flexibility index (Phi) is 8.56. The summed E-state index contributed by atoms with van der Waals surface area (Å²) < 4.78 is 0. The molecule has 0 saturated carbocycles. The van der Waals surface area contributed by atoms with E-state index in [9.17, 15) is 4.79 Å². The minimum absolute atomic E-state index is 0. The molecule has 1 aromatic carbocycles. The standard InChI is InChI=1S/C17H21N3OS.2ClH/c18-14-6-3-5-13(11-14)17(21)19-12-15(16-7-4-10-22-16)20-8-1-2-9-20;;/h3-7,10-11,15H,1-2,8-9,12,18H2,(H,19,21);2*1H. The second-order valence-electron chi connectivity index (χ2n) is 5.61. The Balaban J connectivity index is 0.00000144. The number of anilines is 1. The fourth-order valence-corrected chi connectivity index (χ4v) is 3.78. The lowest BCUT2D eigenvalue weighted by Gasteiger charge is -2.26. The highest BCUT2D eigenvalue weighted by Crippen LogP contribution is 2.27. The number of nitrogens with one attached hydrogen (secondary N) is 1. The van der Waals surface area contributed by atoms with Gasteiger partial charge in [-0.15, -0.1) is 36.2 Å². The molecule has 24 heavy (non-hydrogen) atoms. The van der Waals surface area contributed by atoms with Gasteiger partial charge in [-0.25, -0.2) is 0 Å². The minimum Gasteiger partial charge on any atom is -0.399 e. The number of carbonyl (C=O) groups excluding carboxylic acids is 1. The lowest BCUT2D eigenvalue weighted by Crippen LogP contribution is -2.36. The molecule has 1 fully saturated rings. The Hall–Kier alpha value is -1.27. The van der Waals surface area contributed by atoms with Gasteiger partial charge in [0.05, 0.1) is 6.04 Å². The zero-order chi connectivity index (χ0) is 15.4. The average Bonchev–Trinajstić information content (AvgIpc) is 3.21. The fraction of sp³-hybridized carbons (Fsp3) is 0.353. The summed E-state index contributed by atoms with van der Waals surface area (Å²) in [5.41, 5.74) is 6.97. The molecule has 2 aromatic rings. The van der Waals surface area contributed by atoms with Crippen LogP contribution >= 0.6 is 36.2 Å². The molecule has 132 valence electrons. The van der Waals surface area contributed by atoms with Crippen LogP contribution in [0.5, 0.6) is 0 Å². The summed E-state index contributed by atoms with van der Waals surface area (Å²) in [5, 5.41) is 5.16. The topological polar surface area (TPSA) is 58.4 Å². The normalized spacial score (nSPS) is 15.2. The van der Waals surface area contributed by atoms with Gasteiger partial charge in [0.1, 0.15) is 0 Å².